The molecule has 0 N–H and O–H groups in total. The summed E-state index contributed by atoms with van der Waals surface area (Å²) in [6, 6.07) is 12.3. The molecular formula is C33H35N3O4. The first-order valence-electron chi connectivity index (χ1n) is 14.1. The molecule has 7 heteroatoms. The van der Waals surface area contributed by atoms with Crippen LogP contribution in [0.1, 0.15) is 88.2 Å². The number of aromatic nitrogens is 3. The maximum atomic E-state index is 13.0. The van der Waals surface area contributed by atoms with Gasteiger partial charge in [-0.05, 0) is 79.6 Å². The van der Waals surface area contributed by atoms with Gasteiger partial charge in [-0.3, -0.25) is 9.48 Å². The summed E-state index contributed by atoms with van der Waals surface area (Å²) >= 11 is 0. The summed E-state index contributed by atoms with van der Waals surface area (Å²) < 4.78 is 15.1. The number of fused-ring (bicyclic) bond motifs is 5. The number of rotatable bonds is 6. The van der Waals surface area contributed by atoms with Gasteiger partial charge in [-0.2, -0.15) is 5.10 Å². The van der Waals surface area contributed by atoms with Gasteiger partial charge in [0, 0.05) is 28.6 Å². The Kier molecular flexibility index (Phi) is 6.82. The fourth-order valence-corrected chi connectivity index (χ4v) is 6.76. The lowest BCUT2D eigenvalue weighted by molar-refractivity contribution is 0.0599. The van der Waals surface area contributed by atoms with Crippen molar-refractivity contribution in [3.63, 3.8) is 0 Å². The van der Waals surface area contributed by atoms with Crippen LogP contribution >= 0.6 is 0 Å². The highest BCUT2D eigenvalue weighted by molar-refractivity contribution is 6.02. The minimum atomic E-state index is -0.396. The number of esters is 1. The second kappa shape index (κ2) is 10.5. The summed E-state index contributed by atoms with van der Waals surface area (Å²) in [5, 5.41) is 5.91. The summed E-state index contributed by atoms with van der Waals surface area (Å²) in [5.74, 6) is 0.821. The van der Waals surface area contributed by atoms with Gasteiger partial charge in [0.25, 0.3) is 0 Å². The van der Waals surface area contributed by atoms with Crippen molar-refractivity contribution in [3.05, 3.63) is 70.0 Å². The second-order valence-electron chi connectivity index (χ2n) is 10.8. The number of allylic oxidation sites excluding steroid dienone is 1. The molecule has 0 radical (unpaired) electrons. The normalized spacial score (nSPS) is 15.2. The van der Waals surface area contributed by atoms with Crippen molar-refractivity contribution in [1.82, 2.24) is 14.3 Å². The molecule has 1 fully saturated rings. The van der Waals surface area contributed by atoms with E-state index in [0.717, 1.165) is 52.8 Å². The number of nitrogens with zero attached hydrogens (tertiary/aromatic N) is 3. The highest BCUT2D eigenvalue weighted by Gasteiger charge is 2.32. The maximum absolute atomic E-state index is 13.0. The Labute approximate surface area is 234 Å². The highest BCUT2D eigenvalue weighted by Crippen LogP contribution is 2.48. The zero-order valence-electron chi connectivity index (χ0n) is 23.6. The highest BCUT2D eigenvalue weighted by atomic mass is 16.5. The van der Waals surface area contributed by atoms with Crippen molar-refractivity contribution < 1.29 is 19.1 Å². The predicted molar refractivity (Wildman–Crippen MR) is 157 cm³/mol. The Morgan fingerprint density at radius 3 is 2.58 bits per heavy atom. The van der Waals surface area contributed by atoms with E-state index in [1.807, 2.05) is 36.7 Å². The Bertz CT molecular complexity index is 1670. The van der Waals surface area contributed by atoms with E-state index in [0.29, 0.717) is 35.8 Å². The summed E-state index contributed by atoms with van der Waals surface area (Å²) in [5.41, 5.74) is 9.24. The van der Waals surface area contributed by atoms with Crippen LogP contribution in [0.5, 0.6) is 5.75 Å². The lowest BCUT2D eigenvalue weighted by Gasteiger charge is -2.24. The van der Waals surface area contributed by atoms with Crippen molar-refractivity contribution >= 4 is 34.8 Å². The molecule has 0 saturated heterocycles. The minimum absolute atomic E-state index is 0.396. The maximum Gasteiger partial charge on any atom is 0.341 e. The third kappa shape index (κ3) is 4.15. The van der Waals surface area contributed by atoms with Crippen molar-refractivity contribution in [2.75, 3.05) is 14.2 Å². The first kappa shape index (κ1) is 26.1. The van der Waals surface area contributed by atoms with Crippen LogP contribution in [0.2, 0.25) is 0 Å². The fraction of sp³-hybridized carbons (Fsp3) is 0.364. The van der Waals surface area contributed by atoms with Gasteiger partial charge < -0.3 is 14.0 Å². The number of aldehydes is 1. The smallest absolute Gasteiger partial charge is 0.341 e. The molecule has 1 aliphatic carbocycles. The lowest BCUT2D eigenvalue weighted by atomic mass is 9.81. The lowest BCUT2D eigenvalue weighted by Crippen LogP contribution is -2.12. The van der Waals surface area contributed by atoms with Crippen molar-refractivity contribution in [1.29, 1.82) is 0 Å². The quantitative estimate of drug-likeness (QED) is 0.195. The molecule has 2 aliphatic rings. The van der Waals surface area contributed by atoms with Crippen LogP contribution in [-0.2, 0) is 17.8 Å². The van der Waals surface area contributed by atoms with Gasteiger partial charge >= 0.3 is 5.97 Å². The van der Waals surface area contributed by atoms with Crippen LogP contribution < -0.4 is 4.74 Å². The number of aryl methyl sites for hydroxylation is 2. The van der Waals surface area contributed by atoms with E-state index in [1.165, 1.54) is 43.0 Å². The average molecular weight is 538 g/mol. The van der Waals surface area contributed by atoms with Crippen LogP contribution in [0.3, 0.4) is 0 Å². The van der Waals surface area contributed by atoms with Gasteiger partial charge in [-0.1, -0.05) is 31.4 Å². The molecule has 1 aliphatic heterocycles. The predicted octanol–water partition coefficient (Wildman–Crippen LogP) is 7.04. The third-order valence-corrected chi connectivity index (χ3v) is 8.57. The zero-order valence-corrected chi connectivity index (χ0v) is 23.6. The standard InChI is InChI=1S/C33H35N3O4/c1-5-36-31(29(20(2)34-36)33(38)40-4)24-16-23-17-25(39-3)12-14-26(23)32-30(22-9-7-6-8-10-22)27-13-11-21(19-37)15-28(27)35(32)18-24/h11-17,19,22H,5-10,18H2,1-4H3. The number of ether oxygens (including phenoxy) is 2. The largest absolute Gasteiger partial charge is 0.497 e. The first-order chi connectivity index (χ1) is 19.5. The molecule has 40 heavy (non-hydrogen) atoms. The molecule has 2 aromatic carbocycles. The average Bonchev–Trinajstić information content (AvgIpc) is 3.44. The zero-order chi connectivity index (χ0) is 28.0. The van der Waals surface area contributed by atoms with Gasteiger partial charge in [0.15, 0.2) is 0 Å². The van der Waals surface area contributed by atoms with Crippen molar-refractivity contribution in [3.8, 4) is 17.0 Å². The Morgan fingerprint density at radius 1 is 1.07 bits per heavy atom. The van der Waals surface area contributed by atoms with E-state index in [-0.39, 0.29) is 0 Å². The Hall–Kier alpha value is -4.13. The summed E-state index contributed by atoms with van der Waals surface area (Å²) in [6.45, 7) is 5.01. The molecule has 4 aromatic rings. The van der Waals surface area contributed by atoms with Gasteiger partial charge in [-0.15, -0.1) is 0 Å². The minimum Gasteiger partial charge on any atom is -0.497 e. The second-order valence-corrected chi connectivity index (χ2v) is 10.8. The number of benzene rings is 2. The Balaban J connectivity index is 1.70. The van der Waals surface area contributed by atoms with E-state index < -0.39 is 5.97 Å². The van der Waals surface area contributed by atoms with Crippen LogP contribution in [0.25, 0.3) is 33.8 Å². The van der Waals surface area contributed by atoms with E-state index in [4.69, 9.17) is 14.6 Å². The first-order valence-corrected chi connectivity index (χ1v) is 14.1. The molecule has 0 atom stereocenters. The Morgan fingerprint density at radius 2 is 1.88 bits per heavy atom. The van der Waals surface area contributed by atoms with Gasteiger partial charge in [0.2, 0.25) is 0 Å². The van der Waals surface area contributed by atoms with Crippen LogP contribution in [-0.4, -0.2) is 40.8 Å². The van der Waals surface area contributed by atoms with Crippen LogP contribution in [0.15, 0.2) is 36.4 Å². The fourth-order valence-electron chi connectivity index (χ4n) is 6.76. The van der Waals surface area contributed by atoms with Gasteiger partial charge in [0.1, 0.15) is 17.6 Å². The van der Waals surface area contributed by atoms with E-state index in [1.54, 1.807) is 7.11 Å². The SMILES string of the molecule is CCn1nc(C)c(C(=O)OC)c1C1=Cc2cc(OC)ccc2-c2c(C3CCCCC3)c3ccc(C=O)cc3n2C1. The van der Waals surface area contributed by atoms with E-state index in [9.17, 15) is 9.59 Å². The van der Waals surface area contributed by atoms with E-state index in [2.05, 4.69) is 28.8 Å². The molecule has 206 valence electrons. The molecule has 0 unspecified atom stereocenters. The summed E-state index contributed by atoms with van der Waals surface area (Å²) in [7, 11) is 3.09. The van der Waals surface area contributed by atoms with E-state index >= 15 is 0 Å². The van der Waals surface area contributed by atoms with Crippen LogP contribution in [0, 0.1) is 6.92 Å². The third-order valence-electron chi connectivity index (χ3n) is 8.57. The molecule has 7 nitrogen and oxygen atoms in total. The number of hydrogen-bond acceptors (Lipinski definition) is 5. The number of carbonyl (C=O) groups is 2. The molecule has 1 saturated carbocycles. The summed E-state index contributed by atoms with van der Waals surface area (Å²) in [6.07, 6.45) is 9.11. The van der Waals surface area contributed by atoms with Crippen LogP contribution in [0.4, 0.5) is 0 Å². The monoisotopic (exact) mass is 537 g/mol. The number of hydrogen-bond donors (Lipinski definition) is 0. The molecule has 6 rings (SSSR count). The number of methoxy groups -OCH3 is 2. The molecule has 0 bridgehead atoms. The van der Waals surface area contributed by atoms with Gasteiger partial charge in [-0.25, -0.2) is 4.79 Å². The molecular weight excluding hydrogens is 502 g/mol. The van der Waals surface area contributed by atoms with Crippen molar-refractivity contribution in [2.24, 2.45) is 0 Å². The molecule has 2 aromatic heterocycles. The molecule has 0 spiro atoms. The topological polar surface area (TPSA) is 75.4 Å². The molecule has 0 amide bonds. The van der Waals surface area contributed by atoms with Gasteiger partial charge in [0.05, 0.1) is 37.8 Å². The summed E-state index contributed by atoms with van der Waals surface area (Å²) in [4.78, 5) is 24.9. The number of carbonyl (C=O) groups excluding carboxylic acids is 2. The molecule has 3 heterocycles. The van der Waals surface area contributed by atoms with Crippen molar-refractivity contribution in [2.45, 2.75) is 65.0 Å².